The van der Waals surface area contributed by atoms with E-state index in [4.69, 9.17) is 4.74 Å². The smallest absolute Gasteiger partial charge is 0.0658 e. The molecule has 1 atom stereocenters. The predicted molar refractivity (Wildman–Crippen MR) is 78.5 cm³/mol. The van der Waals surface area contributed by atoms with Crippen molar-refractivity contribution in [3.8, 4) is 0 Å². The summed E-state index contributed by atoms with van der Waals surface area (Å²) in [5.41, 5.74) is 1.89. The Morgan fingerprint density at radius 3 is 2.90 bits per heavy atom. The summed E-state index contributed by atoms with van der Waals surface area (Å²) in [6, 6.07) is 0. The third-order valence-electron chi connectivity index (χ3n) is 4.76. The van der Waals surface area contributed by atoms with Crippen molar-refractivity contribution in [3.63, 3.8) is 0 Å². The van der Waals surface area contributed by atoms with Crippen LogP contribution in [-0.4, -0.2) is 66.5 Å². The molecule has 3 heterocycles. The minimum atomic E-state index is 0.570. The molecule has 0 radical (unpaired) electrons. The van der Waals surface area contributed by atoms with Gasteiger partial charge in [-0.2, -0.15) is 5.10 Å². The van der Waals surface area contributed by atoms with Crippen LogP contribution in [0, 0.1) is 5.41 Å². The van der Waals surface area contributed by atoms with Crippen LogP contribution in [0.15, 0.2) is 12.4 Å². The lowest BCUT2D eigenvalue weighted by Crippen LogP contribution is -2.29. The number of likely N-dealkylation sites (tertiary alicyclic amines) is 2. The van der Waals surface area contributed by atoms with Gasteiger partial charge in [0.2, 0.25) is 0 Å². The van der Waals surface area contributed by atoms with Crippen molar-refractivity contribution in [1.29, 1.82) is 0 Å². The predicted octanol–water partition coefficient (Wildman–Crippen LogP) is 1.06. The second-order valence-electron chi connectivity index (χ2n) is 6.55. The van der Waals surface area contributed by atoms with Crippen molar-refractivity contribution in [3.05, 3.63) is 18.0 Å². The number of ether oxygens (including phenoxy) is 1. The van der Waals surface area contributed by atoms with Gasteiger partial charge in [-0.1, -0.05) is 0 Å². The number of aromatic nitrogens is 2. The molecule has 0 bridgehead atoms. The van der Waals surface area contributed by atoms with E-state index >= 15 is 0 Å². The monoisotopic (exact) mass is 278 g/mol. The third kappa shape index (κ3) is 3.05. The lowest BCUT2D eigenvalue weighted by molar-refractivity contribution is 0.183. The Morgan fingerprint density at radius 2 is 2.15 bits per heavy atom. The van der Waals surface area contributed by atoms with Crippen molar-refractivity contribution in [2.75, 3.05) is 46.9 Å². The molecule has 1 unspecified atom stereocenters. The SMILES string of the molecule is COCCn1cc(CN2CCC3(CCN(C)C3)C2)cn1. The van der Waals surface area contributed by atoms with Gasteiger partial charge in [-0.25, -0.2) is 0 Å². The van der Waals surface area contributed by atoms with Crippen LogP contribution in [0.3, 0.4) is 0 Å². The summed E-state index contributed by atoms with van der Waals surface area (Å²) in [5.74, 6) is 0. The number of nitrogens with zero attached hydrogens (tertiary/aromatic N) is 4. The molecular weight excluding hydrogens is 252 g/mol. The molecule has 5 nitrogen and oxygen atoms in total. The number of hydrogen-bond acceptors (Lipinski definition) is 4. The molecule has 2 fully saturated rings. The van der Waals surface area contributed by atoms with E-state index in [-0.39, 0.29) is 0 Å². The van der Waals surface area contributed by atoms with Crippen LogP contribution in [0.5, 0.6) is 0 Å². The van der Waals surface area contributed by atoms with Gasteiger partial charge in [-0.3, -0.25) is 9.58 Å². The molecule has 2 aliphatic heterocycles. The van der Waals surface area contributed by atoms with E-state index in [1.54, 1.807) is 7.11 Å². The zero-order valence-electron chi connectivity index (χ0n) is 12.7. The first-order valence-corrected chi connectivity index (χ1v) is 7.60. The second kappa shape index (κ2) is 5.84. The van der Waals surface area contributed by atoms with E-state index in [0.717, 1.165) is 19.7 Å². The van der Waals surface area contributed by atoms with Crippen molar-refractivity contribution in [2.45, 2.75) is 25.9 Å². The van der Waals surface area contributed by atoms with Gasteiger partial charge in [-0.15, -0.1) is 0 Å². The minimum absolute atomic E-state index is 0.570. The third-order valence-corrected chi connectivity index (χ3v) is 4.76. The maximum atomic E-state index is 5.09. The topological polar surface area (TPSA) is 33.5 Å². The summed E-state index contributed by atoms with van der Waals surface area (Å²) in [4.78, 5) is 5.07. The maximum Gasteiger partial charge on any atom is 0.0658 e. The molecule has 0 aliphatic carbocycles. The summed E-state index contributed by atoms with van der Waals surface area (Å²) in [6.45, 7) is 7.63. The Labute approximate surface area is 121 Å². The molecule has 3 rings (SSSR count). The molecule has 0 amide bonds. The largest absolute Gasteiger partial charge is 0.383 e. The Balaban J connectivity index is 1.53. The van der Waals surface area contributed by atoms with Crippen LogP contribution in [0.25, 0.3) is 0 Å². The van der Waals surface area contributed by atoms with Gasteiger partial charge in [0.05, 0.1) is 19.3 Å². The molecule has 1 aromatic rings. The highest BCUT2D eigenvalue weighted by atomic mass is 16.5. The van der Waals surface area contributed by atoms with Gasteiger partial charge >= 0.3 is 0 Å². The van der Waals surface area contributed by atoms with Gasteiger partial charge in [0.15, 0.2) is 0 Å². The lowest BCUT2D eigenvalue weighted by atomic mass is 9.86. The molecule has 1 spiro atoms. The molecule has 2 aliphatic rings. The van der Waals surface area contributed by atoms with Crippen molar-refractivity contribution in [2.24, 2.45) is 5.41 Å². The van der Waals surface area contributed by atoms with E-state index in [1.165, 1.54) is 44.6 Å². The highest BCUT2D eigenvalue weighted by molar-refractivity contribution is 5.06. The van der Waals surface area contributed by atoms with Gasteiger partial charge in [-0.05, 0) is 38.4 Å². The van der Waals surface area contributed by atoms with E-state index in [9.17, 15) is 0 Å². The normalized spacial score (nSPS) is 27.9. The lowest BCUT2D eigenvalue weighted by Gasteiger charge is -2.23. The average molecular weight is 278 g/mol. The quantitative estimate of drug-likeness (QED) is 0.806. The van der Waals surface area contributed by atoms with Gasteiger partial charge in [0, 0.05) is 38.5 Å². The van der Waals surface area contributed by atoms with Crippen LogP contribution in [0.2, 0.25) is 0 Å². The van der Waals surface area contributed by atoms with Crippen molar-refractivity contribution >= 4 is 0 Å². The van der Waals surface area contributed by atoms with E-state index in [2.05, 4.69) is 28.1 Å². The van der Waals surface area contributed by atoms with Crippen molar-refractivity contribution < 1.29 is 4.74 Å². The molecule has 0 aromatic carbocycles. The first-order valence-electron chi connectivity index (χ1n) is 7.60. The fourth-order valence-electron chi connectivity index (χ4n) is 3.71. The summed E-state index contributed by atoms with van der Waals surface area (Å²) in [5, 5.41) is 4.40. The van der Waals surface area contributed by atoms with E-state index in [0.29, 0.717) is 5.41 Å². The van der Waals surface area contributed by atoms with Crippen molar-refractivity contribution in [1.82, 2.24) is 19.6 Å². The zero-order chi connectivity index (χ0) is 14.0. The number of methoxy groups -OCH3 is 1. The Hall–Kier alpha value is -0.910. The summed E-state index contributed by atoms with van der Waals surface area (Å²) >= 11 is 0. The number of hydrogen-bond donors (Lipinski definition) is 0. The van der Waals surface area contributed by atoms with Crippen LogP contribution in [0.4, 0.5) is 0 Å². The molecule has 2 saturated heterocycles. The molecular formula is C15H26N4O. The van der Waals surface area contributed by atoms with Crippen LogP contribution in [0.1, 0.15) is 18.4 Å². The van der Waals surface area contributed by atoms with Gasteiger partial charge in [0.25, 0.3) is 0 Å². The maximum absolute atomic E-state index is 5.09. The Kier molecular flexibility index (Phi) is 4.10. The summed E-state index contributed by atoms with van der Waals surface area (Å²) < 4.78 is 7.07. The van der Waals surface area contributed by atoms with E-state index in [1.807, 2.05) is 10.9 Å². The fraction of sp³-hybridized carbons (Fsp3) is 0.800. The van der Waals surface area contributed by atoms with Gasteiger partial charge < -0.3 is 9.64 Å². The first-order chi connectivity index (χ1) is 9.69. The Morgan fingerprint density at radius 1 is 1.30 bits per heavy atom. The second-order valence-corrected chi connectivity index (χ2v) is 6.55. The molecule has 112 valence electrons. The number of rotatable bonds is 5. The molecule has 5 heteroatoms. The van der Waals surface area contributed by atoms with Crippen LogP contribution < -0.4 is 0 Å². The minimum Gasteiger partial charge on any atom is -0.383 e. The van der Waals surface area contributed by atoms with E-state index < -0.39 is 0 Å². The molecule has 0 N–H and O–H groups in total. The first kappa shape index (κ1) is 14.0. The zero-order valence-corrected chi connectivity index (χ0v) is 12.7. The van der Waals surface area contributed by atoms with Crippen LogP contribution in [-0.2, 0) is 17.8 Å². The average Bonchev–Trinajstić information content (AvgIpc) is 3.11. The molecule has 20 heavy (non-hydrogen) atoms. The molecule has 0 saturated carbocycles. The Bertz CT molecular complexity index is 447. The molecule has 1 aromatic heterocycles. The van der Waals surface area contributed by atoms with Crippen LogP contribution >= 0.6 is 0 Å². The highest BCUT2D eigenvalue weighted by Crippen LogP contribution is 2.39. The highest BCUT2D eigenvalue weighted by Gasteiger charge is 2.42. The summed E-state index contributed by atoms with van der Waals surface area (Å²) in [7, 11) is 3.98. The summed E-state index contributed by atoms with van der Waals surface area (Å²) in [6.07, 6.45) is 6.88. The standard InChI is InChI=1S/C15H26N4O/c1-17-5-3-15(12-17)4-6-18(13-15)10-14-9-16-19(11-14)7-8-20-2/h9,11H,3-8,10,12-13H2,1-2H3. The fourth-order valence-corrected chi connectivity index (χ4v) is 3.71. The van der Waals surface area contributed by atoms with Gasteiger partial charge in [0.1, 0.15) is 0 Å².